The minimum atomic E-state index is -3.65. The van der Waals surface area contributed by atoms with Gasteiger partial charge in [-0.2, -0.15) is 8.42 Å². The Labute approximate surface area is 122 Å². The van der Waals surface area contributed by atoms with E-state index in [2.05, 4.69) is 20.8 Å². The van der Waals surface area contributed by atoms with Gasteiger partial charge in [-0.3, -0.25) is 4.18 Å². The first-order valence-corrected chi connectivity index (χ1v) is 8.66. The Morgan fingerprint density at radius 1 is 1.16 bits per heavy atom. The second-order valence-corrected chi connectivity index (χ2v) is 7.67. The van der Waals surface area contributed by atoms with Crippen LogP contribution in [0.1, 0.15) is 12.8 Å². The molecule has 3 saturated heterocycles. The summed E-state index contributed by atoms with van der Waals surface area (Å²) >= 11 is 3.29. The number of hydrogen-bond acceptors (Lipinski definition) is 4. The fourth-order valence-corrected chi connectivity index (χ4v) is 4.23. The van der Waals surface area contributed by atoms with E-state index >= 15 is 0 Å². The number of benzene rings is 1. The Morgan fingerprint density at radius 2 is 1.79 bits per heavy atom. The molecule has 1 aromatic rings. The van der Waals surface area contributed by atoms with E-state index in [1.165, 1.54) is 0 Å². The lowest BCUT2D eigenvalue weighted by molar-refractivity contribution is -0.00428. The van der Waals surface area contributed by atoms with Crippen LogP contribution in [0.5, 0.6) is 0 Å². The van der Waals surface area contributed by atoms with E-state index in [-0.39, 0.29) is 11.0 Å². The highest BCUT2D eigenvalue weighted by Crippen LogP contribution is 2.31. The molecule has 0 spiro atoms. The van der Waals surface area contributed by atoms with Gasteiger partial charge in [0.15, 0.2) is 0 Å². The normalized spacial score (nSPS) is 30.5. The van der Waals surface area contributed by atoms with E-state index < -0.39 is 10.1 Å². The molecule has 4 rings (SSSR count). The van der Waals surface area contributed by atoms with Crippen molar-refractivity contribution in [2.24, 2.45) is 5.92 Å². The van der Waals surface area contributed by atoms with Crippen LogP contribution in [0.4, 0.5) is 0 Å². The topological polar surface area (TPSA) is 46.6 Å². The molecule has 0 aromatic heterocycles. The maximum Gasteiger partial charge on any atom is 0.297 e. The Morgan fingerprint density at radius 3 is 2.32 bits per heavy atom. The molecule has 2 bridgehead atoms. The van der Waals surface area contributed by atoms with E-state index in [0.29, 0.717) is 5.92 Å². The molecular weight excluding hydrogens is 330 g/mol. The molecule has 0 unspecified atom stereocenters. The van der Waals surface area contributed by atoms with Gasteiger partial charge in [-0.25, -0.2) is 0 Å². The second kappa shape index (κ2) is 5.16. The SMILES string of the molecule is O=S(=O)(O[C@@H]1CN2CCC1CC2)c1ccc(Br)cc1. The van der Waals surface area contributed by atoms with Crippen molar-refractivity contribution in [2.75, 3.05) is 19.6 Å². The molecule has 3 aliphatic heterocycles. The predicted octanol–water partition coefficient (Wildman–Crippen LogP) is 2.25. The molecule has 3 aliphatic rings. The molecule has 1 aromatic carbocycles. The Kier molecular flexibility index (Phi) is 3.68. The molecule has 104 valence electrons. The van der Waals surface area contributed by atoms with Gasteiger partial charge in [0.05, 0.1) is 11.0 Å². The standard InChI is InChI=1S/C13H16BrNO3S/c14-11-1-3-12(4-2-11)19(16,17)18-13-9-15-7-5-10(13)6-8-15/h1-4,10,13H,5-9H2/t13-/m1/s1. The van der Waals surface area contributed by atoms with E-state index in [1.54, 1.807) is 24.3 Å². The van der Waals surface area contributed by atoms with Gasteiger partial charge in [-0.05, 0) is 56.1 Å². The van der Waals surface area contributed by atoms with Gasteiger partial charge in [-0.15, -0.1) is 0 Å². The number of rotatable bonds is 3. The first-order valence-electron chi connectivity index (χ1n) is 6.46. The highest BCUT2D eigenvalue weighted by atomic mass is 79.9. The van der Waals surface area contributed by atoms with E-state index in [1.807, 2.05) is 0 Å². The molecule has 19 heavy (non-hydrogen) atoms. The van der Waals surface area contributed by atoms with Crippen LogP contribution >= 0.6 is 15.9 Å². The molecule has 4 nitrogen and oxygen atoms in total. The van der Waals surface area contributed by atoms with Crippen molar-refractivity contribution in [3.8, 4) is 0 Å². The zero-order valence-electron chi connectivity index (χ0n) is 10.5. The van der Waals surface area contributed by atoms with Gasteiger partial charge in [0.1, 0.15) is 0 Å². The van der Waals surface area contributed by atoms with Crippen LogP contribution in [0, 0.1) is 5.92 Å². The lowest BCUT2D eigenvalue weighted by Crippen LogP contribution is -2.51. The third-order valence-electron chi connectivity index (χ3n) is 3.95. The summed E-state index contributed by atoms with van der Waals surface area (Å²) in [5.41, 5.74) is 0. The van der Waals surface area contributed by atoms with Gasteiger partial charge in [0, 0.05) is 11.0 Å². The first kappa shape index (κ1) is 13.5. The van der Waals surface area contributed by atoms with Crippen LogP contribution in [0.2, 0.25) is 0 Å². The maximum absolute atomic E-state index is 12.2. The van der Waals surface area contributed by atoms with Crippen molar-refractivity contribution in [2.45, 2.75) is 23.8 Å². The average Bonchev–Trinajstić information content (AvgIpc) is 2.40. The monoisotopic (exact) mass is 345 g/mol. The molecule has 3 heterocycles. The fourth-order valence-electron chi connectivity index (χ4n) is 2.84. The molecule has 0 saturated carbocycles. The number of nitrogens with zero attached hydrogens (tertiary/aromatic N) is 1. The Balaban J connectivity index is 1.76. The summed E-state index contributed by atoms with van der Waals surface area (Å²) in [6.45, 7) is 2.88. The quantitative estimate of drug-likeness (QED) is 0.788. The van der Waals surface area contributed by atoms with E-state index in [9.17, 15) is 8.42 Å². The molecule has 0 aliphatic carbocycles. The molecule has 3 fully saturated rings. The molecule has 0 amide bonds. The van der Waals surface area contributed by atoms with Gasteiger partial charge >= 0.3 is 0 Å². The van der Waals surface area contributed by atoms with Gasteiger partial charge in [0.25, 0.3) is 10.1 Å². The first-order chi connectivity index (χ1) is 9.04. The van der Waals surface area contributed by atoms with Gasteiger partial charge in [0.2, 0.25) is 0 Å². The van der Waals surface area contributed by atoms with E-state index in [0.717, 1.165) is 36.9 Å². The summed E-state index contributed by atoms with van der Waals surface area (Å²) in [5.74, 6) is 0.384. The van der Waals surface area contributed by atoms with Crippen molar-refractivity contribution in [1.82, 2.24) is 4.90 Å². The van der Waals surface area contributed by atoms with Crippen LogP contribution in [-0.2, 0) is 14.3 Å². The molecular formula is C13H16BrNO3S. The fraction of sp³-hybridized carbons (Fsp3) is 0.538. The van der Waals surface area contributed by atoms with Gasteiger partial charge in [-0.1, -0.05) is 15.9 Å². The third kappa shape index (κ3) is 2.86. The van der Waals surface area contributed by atoms with Crippen molar-refractivity contribution >= 4 is 26.0 Å². The van der Waals surface area contributed by atoms with Crippen molar-refractivity contribution in [1.29, 1.82) is 0 Å². The summed E-state index contributed by atoms with van der Waals surface area (Å²) in [5, 5.41) is 0. The minimum absolute atomic E-state index is 0.184. The summed E-state index contributed by atoms with van der Waals surface area (Å²) in [4.78, 5) is 2.51. The average molecular weight is 346 g/mol. The van der Waals surface area contributed by atoms with Crippen molar-refractivity contribution < 1.29 is 12.6 Å². The van der Waals surface area contributed by atoms with Crippen LogP contribution in [-0.4, -0.2) is 39.1 Å². The van der Waals surface area contributed by atoms with Crippen molar-refractivity contribution in [3.05, 3.63) is 28.7 Å². The maximum atomic E-state index is 12.2. The van der Waals surface area contributed by atoms with Crippen LogP contribution in [0.3, 0.4) is 0 Å². The number of halogens is 1. The molecule has 0 N–H and O–H groups in total. The van der Waals surface area contributed by atoms with Crippen LogP contribution in [0.15, 0.2) is 33.6 Å². The smallest absolute Gasteiger partial charge is 0.297 e. The van der Waals surface area contributed by atoms with Crippen LogP contribution in [0.25, 0.3) is 0 Å². The summed E-state index contributed by atoms with van der Waals surface area (Å²) in [7, 11) is -3.65. The second-order valence-electron chi connectivity index (χ2n) is 5.18. The number of fused-ring (bicyclic) bond motifs is 3. The predicted molar refractivity (Wildman–Crippen MR) is 75.4 cm³/mol. The zero-order chi connectivity index (χ0) is 13.5. The summed E-state index contributed by atoms with van der Waals surface area (Å²) < 4.78 is 30.8. The van der Waals surface area contributed by atoms with E-state index in [4.69, 9.17) is 4.18 Å². The molecule has 0 radical (unpaired) electrons. The van der Waals surface area contributed by atoms with Crippen LogP contribution < -0.4 is 0 Å². The third-order valence-corrected chi connectivity index (χ3v) is 5.83. The Hall–Kier alpha value is -0.430. The molecule has 1 atom stereocenters. The largest absolute Gasteiger partial charge is 0.301 e. The Bertz CT molecular complexity index is 550. The lowest BCUT2D eigenvalue weighted by atomic mass is 9.86. The minimum Gasteiger partial charge on any atom is -0.301 e. The zero-order valence-corrected chi connectivity index (χ0v) is 12.9. The van der Waals surface area contributed by atoms with Crippen molar-refractivity contribution in [3.63, 3.8) is 0 Å². The molecule has 6 heteroatoms. The lowest BCUT2D eigenvalue weighted by Gasteiger charge is -2.43. The number of piperidine rings is 3. The summed E-state index contributed by atoms with van der Waals surface area (Å²) in [6, 6.07) is 6.57. The summed E-state index contributed by atoms with van der Waals surface area (Å²) in [6.07, 6.45) is 1.90. The van der Waals surface area contributed by atoms with Gasteiger partial charge < -0.3 is 4.90 Å². The highest BCUT2D eigenvalue weighted by Gasteiger charge is 2.37. The highest BCUT2D eigenvalue weighted by molar-refractivity contribution is 9.10. The number of hydrogen-bond donors (Lipinski definition) is 0.